The summed E-state index contributed by atoms with van der Waals surface area (Å²) in [5.74, 6) is 0.871. The molecule has 2 aromatic heterocycles. The van der Waals surface area contributed by atoms with Crippen LogP contribution in [0.25, 0.3) is 22.5 Å². The van der Waals surface area contributed by atoms with Crippen molar-refractivity contribution in [2.75, 3.05) is 11.1 Å². The van der Waals surface area contributed by atoms with Gasteiger partial charge in [0.05, 0.1) is 16.5 Å². The maximum atomic E-state index is 12.5. The zero-order valence-corrected chi connectivity index (χ0v) is 21.4. The van der Waals surface area contributed by atoms with Crippen molar-refractivity contribution in [3.63, 3.8) is 0 Å². The molecule has 4 aromatic rings. The third-order valence-corrected chi connectivity index (χ3v) is 7.53. The van der Waals surface area contributed by atoms with Crippen molar-refractivity contribution in [3.8, 4) is 22.5 Å². The lowest BCUT2D eigenvalue weighted by molar-refractivity contribution is -0.113. The summed E-state index contributed by atoms with van der Waals surface area (Å²) in [5.41, 5.74) is 3.98. The quantitative estimate of drug-likeness (QED) is 0.250. The third kappa shape index (κ3) is 4.93. The predicted octanol–water partition coefficient (Wildman–Crippen LogP) is 7.15. The van der Waals surface area contributed by atoms with Crippen LogP contribution in [-0.2, 0) is 11.3 Å². The van der Waals surface area contributed by atoms with Gasteiger partial charge in [-0.1, -0.05) is 69.6 Å². The topological polar surface area (TPSA) is 59.8 Å². The molecule has 0 fully saturated rings. The Kier molecular flexibility index (Phi) is 7.35. The lowest BCUT2D eigenvalue weighted by Gasteiger charge is -2.10. The number of thiophene rings is 1. The summed E-state index contributed by atoms with van der Waals surface area (Å²) in [6, 6.07) is 15.7. The van der Waals surface area contributed by atoms with Crippen LogP contribution >= 0.6 is 50.6 Å². The van der Waals surface area contributed by atoms with Crippen LogP contribution in [0.5, 0.6) is 0 Å². The third-order valence-electron chi connectivity index (χ3n) is 4.85. The fourth-order valence-electron chi connectivity index (χ4n) is 3.37. The number of nitrogens with one attached hydrogen (secondary N) is 1. The SMILES string of the molecule is CCn1c(SCC(=O)Nc2ccc(Br)cc2Cl)nnc1-c1csc(C)c1-c1ccccc1. The molecule has 2 heterocycles. The smallest absolute Gasteiger partial charge is 0.234 e. The second kappa shape index (κ2) is 10.2. The molecule has 0 aliphatic rings. The number of hydrogen-bond acceptors (Lipinski definition) is 5. The molecule has 0 spiro atoms. The highest BCUT2D eigenvalue weighted by Gasteiger charge is 2.20. The van der Waals surface area contributed by atoms with Crippen molar-refractivity contribution in [2.45, 2.75) is 25.5 Å². The summed E-state index contributed by atoms with van der Waals surface area (Å²) >= 11 is 12.6. The Labute approximate surface area is 208 Å². The van der Waals surface area contributed by atoms with E-state index in [1.165, 1.54) is 22.2 Å². The van der Waals surface area contributed by atoms with Crippen molar-refractivity contribution < 1.29 is 4.79 Å². The van der Waals surface area contributed by atoms with E-state index in [1.54, 1.807) is 23.5 Å². The number of carbonyl (C=O) groups is 1. The zero-order valence-electron chi connectivity index (χ0n) is 17.4. The van der Waals surface area contributed by atoms with Crippen molar-refractivity contribution in [2.24, 2.45) is 0 Å². The van der Waals surface area contributed by atoms with Gasteiger partial charge in [-0.3, -0.25) is 4.79 Å². The second-order valence-electron chi connectivity index (χ2n) is 6.96. The van der Waals surface area contributed by atoms with Gasteiger partial charge in [-0.05, 0) is 37.6 Å². The molecule has 0 aliphatic heterocycles. The van der Waals surface area contributed by atoms with Crippen LogP contribution in [0.2, 0.25) is 5.02 Å². The van der Waals surface area contributed by atoms with Gasteiger partial charge in [0.2, 0.25) is 5.91 Å². The molecule has 0 bridgehead atoms. The molecule has 5 nitrogen and oxygen atoms in total. The standard InChI is InChI=1S/C23H20BrClN4OS2/c1-3-29-22(17-12-31-14(2)21(17)15-7-5-4-6-8-15)27-28-23(29)32-13-20(30)26-19-10-9-16(24)11-18(19)25/h4-12H,3,13H2,1-2H3,(H,26,30). The Hall–Kier alpha value is -2.13. The number of aromatic nitrogens is 3. The minimum Gasteiger partial charge on any atom is -0.324 e. The maximum absolute atomic E-state index is 12.5. The van der Waals surface area contributed by atoms with Crippen molar-refractivity contribution in [1.29, 1.82) is 0 Å². The Balaban J connectivity index is 1.54. The van der Waals surface area contributed by atoms with Crippen LogP contribution in [0.1, 0.15) is 11.8 Å². The van der Waals surface area contributed by atoms with Crippen LogP contribution in [0, 0.1) is 6.92 Å². The Morgan fingerprint density at radius 3 is 2.72 bits per heavy atom. The first-order chi connectivity index (χ1) is 15.5. The predicted molar refractivity (Wildman–Crippen MR) is 138 cm³/mol. The molecule has 1 N–H and O–H groups in total. The van der Waals surface area contributed by atoms with Gasteiger partial charge in [-0.15, -0.1) is 21.5 Å². The Bertz CT molecular complexity index is 1260. The van der Waals surface area contributed by atoms with Crippen molar-refractivity contribution >= 4 is 62.2 Å². The fourth-order valence-corrected chi connectivity index (χ4v) is 5.76. The highest BCUT2D eigenvalue weighted by Crippen LogP contribution is 2.39. The lowest BCUT2D eigenvalue weighted by atomic mass is 10.0. The molecule has 164 valence electrons. The van der Waals surface area contributed by atoms with E-state index in [0.717, 1.165) is 21.4 Å². The summed E-state index contributed by atoms with van der Waals surface area (Å²) in [4.78, 5) is 13.7. The number of hydrogen-bond donors (Lipinski definition) is 1. The maximum Gasteiger partial charge on any atom is 0.234 e. The second-order valence-corrected chi connectivity index (χ2v) is 10.3. The molecule has 0 unspecified atom stereocenters. The van der Waals surface area contributed by atoms with E-state index in [1.807, 2.05) is 24.3 Å². The normalized spacial score (nSPS) is 11.0. The van der Waals surface area contributed by atoms with Gasteiger partial charge in [0.15, 0.2) is 11.0 Å². The number of amides is 1. The molecule has 0 saturated heterocycles. The molecule has 32 heavy (non-hydrogen) atoms. The highest BCUT2D eigenvalue weighted by molar-refractivity contribution is 9.10. The number of halogens is 2. The number of rotatable bonds is 7. The Morgan fingerprint density at radius 1 is 1.22 bits per heavy atom. The van der Waals surface area contributed by atoms with Crippen LogP contribution in [0.4, 0.5) is 5.69 Å². The number of aryl methyl sites for hydroxylation is 1. The van der Waals surface area contributed by atoms with Crippen LogP contribution in [0.3, 0.4) is 0 Å². The lowest BCUT2D eigenvalue weighted by Crippen LogP contribution is -2.15. The molecular formula is C23H20BrClN4OS2. The summed E-state index contributed by atoms with van der Waals surface area (Å²) in [5, 5.41) is 15.0. The number of anilines is 1. The first kappa shape index (κ1) is 23.0. The average molecular weight is 548 g/mol. The monoisotopic (exact) mass is 546 g/mol. The molecule has 4 rings (SSSR count). The van der Waals surface area contributed by atoms with E-state index in [0.29, 0.717) is 22.4 Å². The first-order valence-corrected chi connectivity index (χ1v) is 13.0. The highest BCUT2D eigenvalue weighted by atomic mass is 79.9. The first-order valence-electron chi connectivity index (χ1n) is 9.92. The number of nitrogens with zero attached hydrogens (tertiary/aromatic N) is 3. The molecule has 0 radical (unpaired) electrons. The van der Waals surface area contributed by atoms with E-state index >= 15 is 0 Å². The van der Waals surface area contributed by atoms with Gasteiger partial charge in [-0.25, -0.2) is 0 Å². The summed E-state index contributed by atoms with van der Waals surface area (Å²) in [6.07, 6.45) is 0. The van der Waals surface area contributed by atoms with E-state index in [4.69, 9.17) is 11.6 Å². The summed E-state index contributed by atoms with van der Waals surface area (Å²) in [6.45, 7) is 4.88. The van der Waals surface area contributed by atoms with Gasteiger partial charge >= 0.3 is 0 Å². The summed E-state index contributed by atoms with van der Waals surface area (Å²) < 4.78 is 2.91. The minimum absolute atomic E-state index is 0.150. The van der Waals surface area contributed by atoms with Crippen molar-refractivity contribution in [3.05, 3.63) is 68.3 Å². The van der Waals surface area contributed by atoms with Crippen LogP contribution in [-0.4, -0.2) is 26.4 Å². The number of carbonyl (C=O) groups excluding carboxylic acids is 1. The zero-order chi connectivity index (χ0) is 22.7. The van der Waals surface area contributed by atoms with Gasteiger partial charge in [0.1, 0.15) is 0 Å². The van der Waals surface area contributed by atoms with Crippen molar-refractivity contribution in [1.82, 2.24) is 14.8 Å². The molecule has 2 aromatic carbocycles. The van der Waals surface area contributed by atoms with Crippen LogP contribution < -0.4 is 5.32 Å². The number of benzene rings is 2. The largest absolute Gasteiger partial charge is 0.324 e. The molecule has 9 heteroatoms. The molecule has 0 saturated carbocycles. The average Bonchev–Trinajstić information content (AvgIpc) is 3.37. The minimum atomic E-state index is -0.150. The van der Waals surface area contributed by atoms with E-state index in [-0.39, 0.29) is 11.7 Å². The van der Waals surface area contributed by atoms with Gasteiger partial charge in [-0.2, -0.15) is 0 Å². The molecule has 0 atom stereocenters. The number of thioether (sulfide) groups is 1. The van der Waals surface area contributed by atoms with Gasteiger partial charge < -0.3 is 9.88 Å². The molecule has 1 amide bonds. The van der Waals surface area contributed by atoms with E-state index in [2.05, 4.69) is 67.4 Å². The van der Waals surface area contributed by atoms with Gasteiger partial charge in [0.25, 0.3) is 0 Å². The van der Waals surface area contributed by atoms with Crippen LogP contribution in [0.15, 0.2) is 63.5 Å². The van der Waals surface area contributed by atoms with E-state index in [9.17, 15) is 4.79 Å². The van der Waals surface area contributed by atoms with E-state index < -0.39 is 0 Å². The Morgan fingerprint density at radius 2 is 2.00 bits per heavy atom. The van der Waals surface area contributed by atoms with Gasteiger partial charge in [0, 0.05) is 32.4 Å². The molecular weight excluding hydrogens is 528 g/mol. The summed E-state index contributed by atoms with van der Waals surface area (Å²) in [7, 11) is 0. The molecule has 0 aliphatic carbocycles. The fraction of sp³-hybridized carbons (Fsp3) is 0.174.